The van der Waals surface area contributed by atoms with Crippen LogP contribution in [0.1, 0.15) is 65.1 Å². The van der Waals surface area contributed by atoms with E-state index < -0.39 is 23.7 Å². The average molecular weight is 405 g/mol. The Bertz CT molecular complexity index is 1050. The Hall–Kier alpha value is -3.17. The Balaban J connectivity index is 1.65. The van der Waals surface area contributed by atoms with Crippen molar-refractivity contribution in [2.45, 2.75) is 44.8 Å². The third kappa shape index (κ3) is 3.87. The number of carbonyl (C=O) groups excluding carboxylic acids is 1. The first-order valence-corrected chi connectivity index (χ1v) is 9.10. The molecule has 0 spiro atoms. The number of aromatic nitrogens is 4. The summed E-state index contributed by atoms with van der Waals surface area (Å²) in [6.45, 7) is 3.38. The van der Waals surface area contributed by atoms with E-state index in [0.717, 1.165) is 25.0 Å². The highest BCUT2D eigenvalue weighted by atomic mass is 19.4. The second-order valence-electron chi connectivity index (χ2n) is 7.05. The van der Waals surface area contributed by atoms with Crippen molar-refractivity contribution in [3.8, 4) is 5.69 Å². The molecule has 10 heteroatoms. The molecule has 1 aliphatic rings. The molecule has 0 aliphatic heterocycles. The van der Waals surface area contributed by atoms with Gasteiger partial charge in [0, 0.05) is 5.92 Å². The van der Waals surface area contributed by atoms with Crippen LogP contribution in [0.3, 0.4) is 0 Å². The quantitative estimate of drug-likeness (QED) is 0.695. The Kier molecular flexibility index (Phi) is 4.64. The van der Waals surface area contributed by atoms with Crippen molar-refractivity contribution < 1.29 is 22.5 Å². The first-order valence-electron chi connectivity index (χ1n) is 9.10. The van der Waals surface area contributed by atoms with Gasteiger partial charge in [-0.05, 0) is 44.9 Å². The van der Waals surface area contributed by atoms with Crippen molar-refractivity contribution in [2.75, 3.05) is 0 Å². The van der Waals surface area contributed by atoms with Crippen LogP contribution in [0.4, 0.5) is 13.2 Å². The normalized spacial score (nSPS) is 15.3. The molecule has 1 aliphatic carbocycles. The number of aryl methyl sites for hydroxylation is 1. The van der Waals surface area contributed by atoms with Gasteiger partial charge in [-0.15, -0.1) is 0 Å². The number of alkyl halides is 3. The maximum Gasteiger partial charge on any atom is 0.416 e. The van der Waals surface area contributed by atoms with E-state index in [1.807, 2.05) is 0 Å². The lowest BCUT2D eigenvalue weighted by atomic mass is 10.1. The van der Waals surface area contributed by atoms with Crippen molar-refractivity contribution in [3.05, 3.63) is 59.0 Å². The van der Waals surface area contributed by atoms with E-state index in [4.69, 9.17) is 4.52 Å². The SMILES string of the molecule is Cc1noc(C(C)NC(=O)c2cnn(-c3cccc(C(F)(F)F)c3)c2C2CC2)n1. The van der Waals surface area contributed by atoms with E-state index in [1.165, 1.54) is 16.9 Å². The number of nitrogens with zero attached hydrogens (tertiary/aromatic N) is 4. The number of amides is 1. The number of halogens is 3. The largest absolute Gasteiger partial charge is 0.416 e. The van der Waals surface area contributed by atoms with Crippen LogP contribution in [0.2, 0.25) is 0 Å². The number of nitrogens with one attached hydrogen (secondary N) is 1. The zero-order chi connectivity index (χ0) is 20.8. The third-order valence-corrected chi connectivity index (χ3v) is 4.69. The minimum Gasteiger partial charge on any atom is -0.340 e. The standard InChI is InChI=1S/C19H18F3N5O2/c1-10(18-25-11(2)26-29-18)24-17(28)15-9-23-27(16(15)12-6-7-12)14-5-3-4-13(8-14)19(20,21)22/h3-5,8-10,12H,6-7H2,1-2H3,(H,24,28). The van der Waals surface area contributed by atoms with E-state index in [2.05, 4.69) is 20.6 Å². The molecule has 7 nitrogen and oxygen atoms in total. The van der Waals surface area contributed by atoms with Crippen LogP contribution in [0, 0.1) is 6.92 Å². The Morgan fingerprint density at radius 2 is 2.10 bits per heavy atom. The number of hydrogen-bond acceptors (Lipinski definition) is 5. The molecule has 0 bridgehead atoms. The first kappa shape index (κ1) is 19.2. The molecular formula is C19H18F3N5O2. The van der Waals surface area contributed by atoms with Crippen molar-refractivity contribution in [2.24, 2.45) is 0 Å². The Labute approximate surface area is 163 Å². The average Bonchev–Trinajstić information content (AvgIpc) is 3.25. The maximum absolute atomic E-state index is 13.1. The van der Waals surface area contributed by atoms with Gasteiger partial charge in [0.15, 0.2) is 5.82 Å². The van der Waals surface area contributed by atoms with E-state index >= 15 is 0 Å². The molecule has 29 heavy (non-hydrogen) atoms. The molecule has 1 aromatic carbocycles. The van der Waals surface area contributed by atoms with Gasteiger partial charge < -0.3 is 9.84 Å². The smallest absolute Gasteiger partial charge is 0.340 e. The maximum atomic E-state index is 13.1. The predicted molar refractivity (Wildman–Crippen MR) is 95.5 cm³/mol. The summed E-state index contributed by atoms with van der Waals surface area (Å²) in [5.74, 6) is 0.411. The van der Waals surface area contributed by atoms with Crippen LogP contribution in [0.15, 0.2) is 35.0 Å². The molecule has 1 unspecified atom stereocenters. The molecule has 1 fully saturated rings. The van der Waals surface area contributed by atoms with E-state index in [9.17, 15) is 18.0 Å². The zero-order valence-corrected chi connectivity index (χ0v) is 15.7. The van der Waals surface area contributed by atoms with E-state index in [0.29, 0.717) is 17.1 Å². The van der Waals surface area contributed by atoms with Crippen LogP contribution in [-0.4, -0.2) is 25.8 Å². The molecule has 1 N–H and O–H groups in total. The van der Waals surface area contributed by atoms with Gasteiger partial charge in [0.25, 0.3) is 5.91 Å². The number of rotatable bonds is 5. The highest BCUT2D eigenvalue weighted by Gasteiger charge is 2.35. The second-order valence-corrected chi connectivity index (χ2v) is 7.05. The molecule has 0 radical (unpaired) electrons. The van der Waals surface area contributed by atoms with Gasteiger partial charge in [-0.2, -0.15) is 23.3 Å². The summed E-state index contributed by atoms with van der Waals surface area (Å²) in [5, 5.41) is 10.7. The van der Waals surface area contributed by atoms with E-state index in [-0.39, 0.29) is 17.5 Å². The van der Waals surface area contributed by atoms with Crippen molar-refractivity contribution >= 4 is 5.91 Å². The fourth-order valence-corrected chi connectivity index (χ4v) is 3.13. The molecule has 152 valence electrons. The summed E-state index contributed by atoms with van der Waals surface area (Å²) >= 11 is 0. The molecule has 2 heterocycles. The summed E-state index contributed by atoms with van der Waals surface area (Å²) in [4.78, 5) is 16.9. The van der Waals surface area contributed by atoms with Crippen LogP contribution in [0.25, 0.3) is 5.69 Å². The lowest BCUT2D eigenvalue weighted by molar-refractivity contribution is -0.137. The Morgan fingerprint density at radius 1 is 1.34 bits per heavy atom. The third-order valence-electron chi connectivity index (χ3n) is 4.69. The molecule has 1 atom stereocenters. The zero-order valence-electron chi connectivity index (χ0n) is 15.7. The van der Waals surface area contributed by atoms with E-state index in [1.54, 1.807) is 19.9 Å². The highest BCUT2D eigenvalue weighted by molar-refractivity contribution is 5.95. The molecule has 1 saturated carbocycles. The van der Waals surface area contributed by atoms with Crippen LogP contribution >= 0.6 is 0 Å². The molecule has 3 aromatic rings. The van der Waals surface area contributed by atoms with Gasteiger partial charge in [-0.3, -0.25) is 4.79 Å². The van der Waals surface area contributed by atoms with Crippen molar-refractivity contribution in [1.82, 2.24) is 25.2 Å². The summed E-state index contributed by atoms with van der Waals surface area (Å²) < 4.78 is 45.7. The van der Waals surface area contributed by atoms with Gasteiger partial charge in [0.1, 0.15) is 6.04 Å². The molecule has 0 saturated heterocycles. The van der Waals surface area contributed by atoms with Gasteiger partial charge >= 0.3 is 6.18 Å². The lowest BCUT2D eigenvalue weighted by Crippen LogP contribution is -2.27. The topological polar surface area (TPSA) is 85.8 Å². The number of benzene rings is 1. The van der Waals surface area contributed by atoms with Gasteiger partial charge in [0.05, 0.1) is 28.7 Å². The van der Waals surface area contributed by atoms with Gasteiger partial charge in [0.2, 0.25) is 5.89 Å². The molecular weight excluding hydrogens is 387 g/mol. The summed E-state index contributed by atoms with van der Waals surface area (Å²) in [6, 6.07) is 4.39. The fourth-order valence-electron chi connectivity index (χ4n) is 3.13. The van der Waals surface area contributed by atoms with Crippen LogP contribution in [0.5, 0.6) is 0 Å². The lowest BCUT2D eigenvalue weighted by Gasteiger charge is -2.13. The Morgan fingerprint density at radius 3 is 2.72 bits per heavy atom. The highest BCUT2D eigenvalue weighted by Crippen LogP contribution is 2.43. The van der Waals surface area contributed by atoms with Crippen LogP contribution < -0.4 is 5.32 Å². The number of carbonyl (C=O) groups is 1. The van der Waals surface area contributed by atoms with Crippen molar-refractivity contribution in [3.63, 3.8) is 0 Å². The van der Waals surface area contributed by atoms with Gasteiger partial charge in [-0.25, -0.2) is 4.68 Å². The summed E-state index contributed by atoms with van der Waals surface area (Å²) in [7, 11) is 0. The molecule has 1 amide bonds. The minimum atomic E-state index is -4.46. The van der Waals surface area contributed by atoms with Gasteiger partial charge in [-0.1, -0.05) is 11.2 Å². The predicted octanol–water partition coefficient (Wildman–Crippen LogP) is 3.95. The summed E-state index contributed by atoms with van der Waals surface area (Å²) in [6.07, 6.45) is -1.37. The minimum absolute atomic E-state index is 0.0775. The second kappa shape index (κ2) is 7.02. The summed E-state index contributed by atoms with van der Waals surface area (Å²) in [5.41, 5.74) is 0.434. The van der Waals surface area contributed by atoms with Crippen molar-refractivity contribution in [1.29, 1.82) is 0 Å². The number of hydrogen-bond donors (Lipinski definition) is 1. The monoisotopic (exact) mass is 405 g/mol. The first-order chi connectivity index (χ1) is 13.7. The fraction of sp³-hybridized carbons (Fsp3) is 0.368. The molecule has 4 rings (SSSR count). The van der Waals surface area contributed by atoms with Crippen LogP contribution in [-0.2, 0) is 6.18 Å². The molecule has 2 aromatic heterocycles.